The quantitative estimate of drug-likeness (QED) is 0.749. The molecule has 3 rings (SSSR count). The number of aliphatic hydroxyl groups is 1. The van der Waals surface area contributed by atoms with Gasteiger partial charge in [0.1, 0.15) is 18.3 Å². The van der Waals surface area contributed by atoms with Gasteiger partial charge in [0.2, 0.25) is 0 Å². The summed E-state index contributed by atoms with van der Waals surface area (Å²) < 4.78 is 2.62. The Balaban J connectivity index is 1.93. The van der Waals surface area contributed by atoms with Gasteiger partial charge in [-0.05, 0) is 41.5 Å². The van der Waals surface area contributed by atoms with E-state index < -0.39 is 5.60 Å². The van der Waals surface area contributed by atoms with Crippen molar-refractivity contribution in [1.82, 2.24) is 19.7 Å². The predicted molar refractivity (Wildman–Crippen MR) is 91.3 cm³/mol. The first-order valence-corrected chi connectivity index (χ1v) is 7.85. The van der Waals surface area contributed by atoms with E-state index in [1.54, 1.807) is 41.6 Å². The lowest BCUT2D eigenvalue weighted by Crippen LogP contribution is -2.29. The van der Waals surface area contributed by atoms with Gasteiger partial charge in [-0.3, -0.25) is 4.98 Å². The van der Waals surface area contributed by atoms with Gasteiger partial charge in [0, 0.05) is 16.9 Å². The maximum Gasteiger partial charge on any atom is 0.137 e. The van der Waals surface area contributed by atoms with Crippen molar-refractivity contribution in [2.24, 2.45) is 0 Å². The molecular formula is C17H15BrN4O. The van der Waals surface area contributed by atoms with E-state index >= 15 is 0 Å². The average molecular weight is 371 g/mol. The molecule has 5 nitrogen and oxygen atoms in total. The first-order chi connectivity index (χ1) is 11.2. The average Bonchev–Trinajstić information content (AvgIpc) is 3.08. The molecule has 0 amide bonds. The summed E-state index contributed by atoms with van der Waals surface area (Å²) in [5.74, 6) is 0. The Morgan fingerprint density at radius 3 is 2.48 bits per heavy atom. The molecule has 1 N–H and O–H groups in total. The summed E-state index contributed by atoms with van der Waals surface area (Å²) >= 11 is 3.41. The Labute approximate surface area is 142 Å². The highest BCUT2D eigenvalue weighted by atomic mass is 79.9. The van der Waals surface area contributed by atoms with Gasteiger partial charge in [0.05, 0.1) is 6.54 Å². The van der Waals surface area contributed by atoms with Crippen LogP contribution in [0.2, 0.25) is 0 Å². The fraction of sp³-hybridized carbons (Fsp3) is 0.118. The van der Waals surface area contributed by atoms with Crippen LogP contribution in [0.25, 0.3) is 6.08 Å². The van der Waals surface area contributed by atoms with Gasteiger partial charge in [-0.15, -0.1) is 0 Å². The molecule has 0 spiro atoms. The van der Waals surface area contributed by atoms with Crippen LogP contribution in [0.3, 0.4) is 0 Å². The molecule has 0 bridgehead atoms. The third-order valence-electron chi connectivity index (χ3n) is 3.47. The molecule has 0 unspecified atom stereocenters. The first-order valence-electron chi connectivity index (χ1n) is 7.06. The normalized spacial score (nSPS) is 14.0. The summed E-state index contributed by atoms with van der Waals surface area (Å²) in [6.07, 6.45) is 10.0. The summed E-state index contributed by atoms with van der Waals surface area (Å²) in [7, 11) is 0. The Kier molecular flexibility index (Phi) is 4.64. The third-order valence-corrected chi connectivity index (χ3v) is 4.00. The van der Waals surface area contributed by atoms with Gasteiger partial charge in [-0.1, -0.05) is 34.1 Å². The molecule has 0 radical (unpaired) electrons. The Morgan fingerprint density at radius 1 is 1.09 bits per heavy atom. The highest BCUT2D eigenvalue weighted by Gasteiger charge is 2.27. The topological polar surface area (TPSA) is 63.8 Å². The number of pyridine rings is 1. The number of hydrogen-bond acceptors (Lipinski definition) is 4. The number of aromatic nitrogens is 4. The van der Waals surface area contributed by atoms with Crippen molar-refractivity contribution in [2.45, 2.75) is 12.1 Å². The summed E-state index contributed by atoms with van der Waals surface area (Å²) in [6, 6.07) is 11.5. The van der Waals surface area contributed by atoms with Crippen molar-refractivity contribution in [2.75, 3.05) is 0 Å². The van der Waals surface area contributed by atoms with Gasteiger partial charge in [-0.25, -0.2) is 9.67 Å². The van der Waals surface area contributed by atoms with Crippen LogP contribution >= 0.6 is 15.9 Å². The van der Waals surface area contributed by atoms with Crippen LogP contribution in [0.15, 0.2) is 72.0 Å². The van der Waals surface area contributed by atoms with E-state index in [4.69, 9.17) is 0 Å². The second kappa shape index (κ2) is 6.85. The number of halogens is 1. The van der Waals surface area contributed by atoms with Crippen molar-refractivity contribution in [1.29, 1.82) is 0 Å². The third kappa shape index (κ3) is 3.91. The Morgan fingerprint density at radius 2 is 1.83 bits per heavy atom. The van der Waals surface area contributed by atoms with Crippen molar-refractivity contribution < 1.29 is 5.11 Å². The molecule has 0 aliphatic rings. The molecule has 1 aromatic carbocycles. The van der Waals surface area contributed by atoms with E-state index in [-0.39, 0.29) is 6.54 Å². The van der Waals surface area contributed by atoms with E-state index in [0.717, 1.165) is 15.6 Å². The van der Waals surface area contributed by atoms with Crippen LogP contribution in [0.4, 0.5) is 0 Å². The largest absolute Gasteiger partial charge is 0.379 e. The lowest BCUT2D eigenvalue weighted by molar-refractivity contribution is 0.0663. The molecule has 0 saturated heterocycles. The monoisotopic (exact) mass is 370 g/mol. The van der Waals surface area contributed by atoms with E-state index in [2.05, 4.69) is 31.0 Å². The summed E-state index contributed by atoms with van der Waals surface area (Å²) in [5.41, 5.74) is 0.541. The highest BCUT2D eigenvalue weighted by molar-refractivity contribution is 9.10. The standard InChI is InChI=1S/C17H15BrN4O/c18-16-3-1-14(2-4-16)5-8-17(23,11-22-13-20-12-21-22)15-6-9-19-10-7-15/h1-10,12-13,23H,11H2/b8-5+/t17-/m1/s1. The zero-order valence-corrected chi connectivity index (χ0v) is 13.8. The molecule has 0 fully saturated rings. The molecule has 6 heteroatoms. The Bertz CT molecular complexity index is 772. The SMILES string of the molecule is O[C@](/C=C/c1ccc(Br)cc1)(Cn1cncn1)c1ccncc1. The smallest absolute Gasteiger partial charge is 0.137 e. The van der Waals surface area contributed by atoms with Gasteiger partial charge in [0.25, 0.3) is 0 Å². The molecule has 1 atom stereocenters. The zero-order valence-electron chi connectivity index (χ0n) is 12.2. The van der Waals surface area contributed by atoms with Gasteiger partial charge in [0.15, 0.2) is 0 Å². The lowest BCUT2D eigenvalue weighted by Gasteiger charge is -2.25. The summed E-state index contributed by atoms with van der Waals surface area (Å²) in [6.45, 7) is 0.268. The number of nitrogens with zero attached hydrogens (tertiary/aromatic N) is 4. The van der Waals surface area contributed by atoms with E-state index in [9.17, 15) is 5.11 Å². The lowest BCUT2D eigenvalue weighted by atomic mass is 9.93. The van der Waals surface area contributed by atoms with Crippen molar-refractivity contribution in [3.63, 3.8) is 0 Å². The first kappa shape index (κ1) is 15.6. The van der Waals surface area contributed by atoms with Gasteiger partial charge in [-0.2, -0.15) is 5.10 Å². The van der Waals surface area contributed by atoms with E-state index in [0.29, 0.717) is 0 Å². The molecule has 0 saturated carbocycles. The highest BCUT2D eigenvalue weighted by Crippen LogP contribution is 2.25. The van der Waals surface area contributed by atoms with Crippen LogP contribution in [0.5, 0.6) is 0 Å². The zero-order chi connectivity index (χ0) is 16.1. The summed E-state index contributed by atoms with van der Waals surface area (Å²) in [5, 5.41) is 15.2. The predicted octanol–water partition coefficient (Wildman–Crippen LogP) is 3.04. The molecule has 2 heterocycles. The van der Waals surface area contributed by atoms with Crippen LogP contribution in [0, 0.1) is 0 Å². The second-order valence-corrected chi connectivity index (χ2v) is 6.05. The van der Waals surface area contributed by atoms with Gasteiger partial charge >= 0.3 is 0 Å². The van der Waals surface area contributed by atoms with Gasteiger partial charge < -0.3 is 5.11 Å². The number of benzene rings is 1. The van der Waals surface area contributed by atoms with Crippen LogP contribution in [-0.2, 0) is 12.1 Å². The maximum atomic E-state index is 11.2. The maximum absolute atomic E-state index is 11.2. The van der Waals surface area contributed by atoms with Crippen LogP contribution < -0.4 is 0 Å². The minimum absolute atomic E-state index is 0.268. The molecular weight excluding hydrogens is 356 g/mol. The Hall–Kier alpha value is -2.31. The number of rotatable bonds is 5. The number of hydrogen-bond donors (Lipinski definition) is 1. The van der Waals surface area contributed by atoms with Crippen LogP contribution in [-0.4, -0.2) is 24.9 Å². The van der Waals surface area contributed by atoms with E-state index in [1.807, 2.05) is 30.3 Å². The van der Waals surface area contributed by atoms with Crippen molar-refractivity contribution in [3.8, 4) is 0 Å². The molecule has 0 aliphatic heterocycles. The molecule has 3 aromatic rings. The fourth-order valence-electron chi connectivity index (χ4n) is 2.25. The summed E-state index contributed by atoms with van der Waals surface area (Å²) in [4.78, 5) is 7.94. The molecule has 2 aromatic heterocycles. The minimum atomic E-state index is -1.20. The van der Waals surface area contributed by atoms with Crippen molar-refractivity contribution in [3.05, 3.63) is 83.1 Å². The fourth-order valence-corrected chi connectivity index (χ4v) is 2.51. The minimum Gasteiger partial charge on any atom is -0.379 e. The molecule has 0 aliphatic carbocycles. The van der Waals surface area contributed by atoms with E-state index in [1.165, 1.54) is 6.33 Å². The second-order valence-electron chi connectivity index (χ2n) is 5.14. The molecule has 23 heavy (non-hydrogen) atoms. The van der Waals surface area contributed by atoms with Crippen molar-refractivity contribution >= 4 is 22.0 Å². The molecule has 116 valence electrons. The van der Waals surface area contributed by atoms with Crippen LogP contribution in [0.1, 0.15) is 11.1 Å².